The molecule has 0 spiro atoms. The number of nitrogens with one attached hydrogen (secondary N) is 1. The molecule has 0 amide bonds. The molecule has 9 nitrogen and oxygen atoms in total. The van der Waals surface area contributed by atoms with Crippen LogP contribution in [0.3, 0.4) is 0 Å². The highest BCUT2D eigenvalue weighted by Gasteiger charge is 2.29. The van der Waals surface area contributed by atoms with E-state index in [1.165, 1.54) is 55.3 Å². The fraction of sp³-hybridized carbons (Fsp3) is 0.404. The Hall–Kier alpha value is -4.29. The third kappa shape index (κ3) is 12.5. The lowest BCUT2D eigenvalue weighted by Gasteiger charge is -2.42. The molecule has 4 aromatic carbocycles. The summed E-state index contributed by atoms with van der Waals surface area (Å²) in [6.45, 7) is 16.8. The molecule has 4 aliphatic heterocycles. The zero-order valence-corrected chi connectivity index (χ0v) is 38.5. The molecule has 1 N–H and O–H groups in total. The van der Waals surface area contributed by atoms with Crippen LogP contribution in [0.5, 0.6) is 0 Å². The summed E-state index contributed by atoms with van der Waals surface area (Å²) in [5.41, 5.74) is 8.18. The van der Waals surface area contributed by atoms with Crippen LogP contribution in [0.1, 0.15) is 61.5 Å². The number of nitrogens with zero attached hydrogens (tertiary/aromatic N) is 5. The smallest absolute Gasteiger partial charge is 0.160 e. The van der Waals surface area contributed by atoms with Crippen molar-refractivity contribution in [2.75, 3.05) is 78.8 Å². The van der Waals surface area contributed by atoms with Crippen molar-refractivity contribution in [2.24, 2.45) is 0 Å². The second-order valence-electron chi connectivity index (χ2n) is 16.7. The first-order valence-electron chi connectivity index (χ1n) is 22.5. The zero-order valence-electron chi connectivity index (χ0n) is 36.9. The highest BCUT2D eigenvalue weighted by atomic mass is 35.5. The number of halogens is 2. The number of ketones is 1. The number of Topliss-reactive ketones (excluding diaryl/α,β-unsaturated/α-hetero) is 1. The Balaban J connectivity index is 0.000000171. The van der Waals surface area contributed by atoms with E-state index in [4.69, 9.17) is 14.5 Å². The zero-order chi connectivity index (χ0) is 41.8. The second kappa shape index (κ2) is 24.1. The van der Waals surface area contributed by atoms with Gasteiger partial charge >= 0.3 is 0 Å². The van der Waals surface area contributed by atoms with E-state index in [9.17, 15) is 4.79 Å². The summed E-state index contributed by atoms with van der Waals surface area (Å²) in [6.07, 6.45) is 5.14. The van der Waals surface area contributed by atoms with Crippen molar-refractivity contribution in [1.82, 2.24) is 30.0 Å². The van der Waals surface area contributed by atoms with Crippen molar-refractivity contribution in [1.29, 1.82) is 0 Å². The van der Waals surface area contributed by atoms with Gasteiger partial charge in [-0.25, -0.2) is 9.97 Å². The number of aromatic nitrogens is 2. The predicted molar refractivity (Wildman–Crippen MR) is 263 cm³/mol. The van der Waals surface area contributed by atoms with Crippen LogP contribution in [0.15, 0.2) is 121 Å². The first-order valence-corrected chi connectivity index (χ1v) is 22.5. The standard InChI is InChI=1S/C26H31N3O.C17H13NO.C9H18N2O.2ClH/c1-20(28-13-11-22(12-14-28)29-15-17-30-18-16-29)24-19-26(21-7-3-2-4-8-21)27-25-10-6-5-9-23(24)25;1-12(19)15-11-17(13-7-3-2-4-8-13)18-16-10-6-5-9-14(15)16;1-3-10-4-2-9(1)11-5-7-12-8-6-11;;/h2-10,19-20,22H,11-18H2,1H3;2-11H,1H3;9-10H,1-8H2;2*1H. The number of carbonyl (C=O) groups excluding carboxylic acids is 1. The SMILES string of the molecule is C1CC(N2CCOCC2)CCN1.CC(=O)c1cc(-c2ccccc2)nc2ccccc12.CC(c1cc(-c2ccccc2)nc2ccccc12)N1CCC(N2CCOCC2)CC1.Cl.Cl. The third-order valence-corrected chi connectivity index (χ3v) is 12.9. The topological polar surface area (TPSA) is 83.1 Å². The Labute approximate surface area is 386 Å². The van der Waals surface area contributed by atoms with Gasteiger partial charge in [0.05, 0.1) is 48.8 Å². The van der Waals surface area contributed by atoms with E-state index in [2.05, 4.69) is 92.6 Å². The molecule has 0 bridgehead atoms. The van der Waals surface area contributed by atoms with E-state index in [1.807, 2.05) is 60.7 Å². The number of morpholine rings is 2. The van der Waals surface area contributed by atoms with Crippen LogP contribution < -0.4 is 5.32 Å². The van der Waals surface area contributed by atoms with E-state index >= 15 is 0 Å². The van der Waals surface area contributed by atoms with Crippen molar-refractivity contribution in [3.05, 3.63) is 132 Å². The quantitative estimate of drug-likeness (QED) is 0.158. The number of piperidine rings is 2. The first kappa shape index (κ1) is 48.2. The molecule has 6 heterocycles. The van der Waals surface area contributed by atoms with Gasteiger partial charge in [-0.05, 0) is 82.4 Å². The number of likely N-dealkylation sites (tertiary alicyclic amines) is 1. The molecule has 334 valence electrons. The van der Waals surface area contributed by atoms with Crippen LogP contribution in [0.2, 0.25) is 0 Å². The van der Waals surface area contributed by atoms with Crippen molar-refractivity contribution in [3.8, 4) is 22.5 Å². The van der Waals surface area contributed by atoms with Crippen LogP contribution in [0, 0.1) is 0 Å². The number of hydrogen-bond donors (Lipinski definition) is 1. The number of hydrogen-bond acceptors (Lipinski definition) is 9. The molecule has 10 rings (SSSR count). The normalized spacial score (nSPS) is 18.4. The molecule has 6 aromatic rings. The van der Waals surface area contributed by atoms with Crippen LogP contribution in [-0.4, -0.2) is 121 Å². The minimum atomic E-state index is 0. The number of ether oxygens (including phenoxy) is 2. The fourth-order valence-electron chi connectivity index (χ4n) is 9.42. The number of pyridine rings is 2. The lowest BCUT2D eigenvalue weighted by atomic mass is 9.95. The van der Waals surface area contributed by atoms with E-state index in [1.54, 1.807) is 6.92 Å². The molecule has 4 fully saturated rings. The number of rotatable bonds is 7. The van der Waals surface area contributed by atoms with E-state index in [0.717, 1.165) is 111 Å². The predicted octanol–water partition coefficient (Wildman–Crippen LogP) is 9.78. The summed E-state index contributed by atoms with van der Waals surface area (Å²) < 4.78 is 10.9. The maximum Gasteiger partial charge on any atom is 0.160 e. The van der Waals surface area contributed by atoms with E-state index in [0.29, 0.717) is 12.1 Å². The highest BCUT2D eigenvalue weighted by Crippen LogP contribution is 2.33. The Morgan fingerprint density at radius 2 is 1.03 bits per heavy atom. The van der Waals surface area contributed by atoms with Gasteiger partial charge < -0.3 is 14.8 Å². The molecular weight excluding hydrogens is 828 g/mol. The fourth-order valence-corrected chi connectivity index (χ4v) is 9.42. The van der Waals surface area contributed by atoms with Gasteiger partial charge in [-0.1, -0.05) is 97.1 Å². The Kier molecular flexibility index (Phi) is 18.4. The average Bonchev–Trinajstić information content (AvgIpc) is 3.35. The van der Waals surface area contributed by atoms with Crippen LogP contribution in [0.4, 0.5) is 0 Å². The number of carbonyl (C=O) groups is 1. The van der Waals surface area contributed by atoms with Crippen molar-refractivity contribution in [2.45, 2.75) is 57.7 Å². The van der Waals surface area contributed by atoms with E-state index in [-0.39, 0.29) is 30.6 Å². The molecule has 4 aliphatic rings. The Bertz CT molecular complexity index is 2290. The van der Waals surface area contributed by atoms with Crippen LogP contribution >= 0.6 is 24.8 Å². The lowest BCUT2D eigenvalue weighted by molar-refractivity contribution is -0.00255. The summed E-state index contributed by atoms with van der Waals surface area (Å²) >= 11 is 0. The molecule has 0 radical (unpaired) electrons. The van der Waals surface area contributed by atoms with Crippen molar-refractivity contribution >= 4 is 52.4 Å². The largest absolute Gasteiger partial charge is 0.379 e. The minimum Gasteiger partial charge on any atom is -0.379 e. The summed E-state index contributed by atoms with van der Waals surface area (Å²) in [6, 6.07) is 42.9. The maximum atomic E-state index is 11.8. The minimum absolute atomic E-state index is 0. The molecule has 0 saturated carbocycles. The third-order valence-electron chi connectivity index (χ3n) is 12.9. The summed E-state index contributed by atoms with van der Waals surface area (Å²) in [4.78, 5) is 29.3. The Morgan fingerprint density at radius 1 is 0.587 bits per heavy atom. The van der Waals surface area contributed by atoms with Crippen LogP contribution in [-0.2, 0) is 9.47 Å². The second-order valence-corrected chi connectivity index (χ2v) is 16.7. The highest BCUT2D eigenvalue weighted by molar-refractivity contribution is 6.07. The van der Waals surface area contributed by atoms with Gasteiger partial charge in [-0.15, -0.1) is 24.8 Å². The lowest BCUT2D eigenvalue weighted by Crippen LogP contribution is -2.49. The Morgan fingerprint density at radius 3 is 1.56 bits per heavy atom. The molecule has 2 aromatic heterocycles. The average molecular weight is 892 g/mol. The van der Waals surface area contributed by atoms with Gasteiger partial charge in [-0.2, -0.15) is 0 Å². The van der Waals surface area contributed by atoms with E-state index < -0.39 is 0 Å². The number of para-hydroxylation sites is 2. The van der Waals surface area contributed by atoms with Gasteiger partial charge in [-0.3, -0.25) is 19.5 Å². The maximum absolute atomic E-state index is 11.8. The summed E-state index contributed by atoms with van der Waals surface area (Å²) in [7, 11) is 0. The molecule has 0 aliphatic carbocycles. The molecule has 4 saturated heterocycles. The molecule has 63 heavy (non-hydrogen) atoms. The van der Waals surface area contributed by atoms with Gasteiger partial charge in [0, 0.05) is 84.9 Å². The van der Waals surface area contributed by atoms with Gasteiger partial charge in [0.25, 0.3) is 0 Å². The molecule has 1 unspecified atom stereocenters. The summed E-state index contributed by atoms with van der Waals surface area (Å²) in [5.74, 6) is 0.0655. The molecule has 11 heteroatoms. The summed E-state index contributed by atoms with van der Waals surface area (Å²) in [5, 5.41) is 5.59. The van der Waals surface area contributed by atoms with Gasteiger partial charge in [0.1, 0.15) is 0 Å². The van der Waals surface area contributed by atoms with Gasteiger partial charge in [0.15, 0.2) is 5.78 Å². The van der Waals surface area contributed by atoms with Crippen molar-refractivity contribution < 1.29 is 14.3 Å². The molecule has 1 atom stereocenters. The number of fused-ring (bicyclic) bond motifs is 2. The van der Waals surface area contributed by atoms with Crippen molar-refractivity contribution in [3.63, 3.8) is 0 Å². The monoisotopic (exact) mass is 890 g/mol. The van der Waals surface area contributed by atoms with Gasteiger partial charge in [0.2, 0.25) is 0 Å². The number of benzene rings is 4. The first-order chi connectivity index (χ1) is 30.0. The molecular formula is C52H64Cl2N6O3. The van der Waals surface area contributed by atoms with Crippen LogP contribution in [0.25, 0.3) is 44.3 Å².